The highest BCUT2D eigenvalue weighted by Crippen LogP contribution is 2.24. The lowest BCUT2D eigenvalue weighted by Gasteiger charge is -2.35. The minimum atomic E-state index is -0.352. The van der Waals surface area contributed by atoms with Gasteiger partial charge in [-0.15, -0.1) is 0 Å². The van der Waals surface area contributed by atoms with Crippen molar-refractivity contribution in [2.24, 2.45) is 0 Å². The highest BCUT2D eigenvalue weighted by Gasteiger charge is 2.34. The van der Waals surface area contributed by atoms with Crippen LogP contribution in [0.2, 0.25) is 0 Å². The minimum absolute atomic E-state index is 0.0950. The van der Waals surface area contributed by atoms with Crippen LogP contribution in [0.4, 0.5) is 0 Å². The van der Waals surface area contributed by atoms with Gasteiger partial charge in [-0.05, 0) is 34.5 Å². The van der Waals surface area contributed by atoms with Crippen LogP contribution in [0.15, 0.2) is 60.7 Å². The summed E-state index contributed by atoms with van der Waals surface area (Å²) in [6.07, 6.45) is 0. The third kappa shape index (κ3) is 3.39. The lowest BCUT2D eigenvalue weighted by Crippen LogP contribution is -2.48. The van der Waals surface area contributed by atoms with Crippen molar-refractivity contribution < 1.29 is 14.4 Å². The van der Waals surface area contributed by atoms with Crippen molar-refractivity contribution in [2.75, 3.05) is 33.2 Å². The molecule has 0 aromatic heterocycles. The lowest BCUT2D eigenvalue weighted by atomic mass is 10.0. The second-order valence-corrected chi connectivity index (χ2v) is 8.14. The van der Waals surface area contributed by atoms with Crippen LogP contribution in [-0.2, 0) is 6.54 Å². The Morgan fingerprint density at radius 2 is 1.55 bits per heavy atom. The zero-order valence-corrected chi connectivity index (χ0v) is 17.4. The molecule has 0 radical (unpaired) electrons. The molecule has 1 saturated heterocycles. The molecule has 6 heteroatoms. The van der Waals surface area contributed by atoms with Gasteiger partial charge in [-0.2, -0.15) is 0 Å². The maximum atomic E-state index is 13.0. The van der Waals surface area contributed by atoms with Gasteiger partial charge in [0, 0.05) is 45.3 Å². The van der Waals surface area contributed by atoms with E-state index in [1.54, 1.807) is 18.2 Å². The molecule has 2 heterocycles. The number of carbonyl (C=O) groups is 3. The molecule has 0 bridgehead atoms. The van der Waals surface area contributed by atoms with E-state index in [0.29, 0.717) is 29.8 Å². The van der Waals surface area contributed by atoms with Crippen LogP contribution in [-0.4, -0.2) is 65.6 Å². The molecule has 2 aliphatic heterocycles. The molecule has 3 amide bonds. The fourth-order valence-corrected chi connectivity index (χ4v) is 4.46. The first-order valence-electron chi connectivity index (χ1n) is 10.5. The first kappa shape index (κ1) is 19.5. The fraction of sp³-hybridized carbons (Fsp3) is 0.240. The molecule has 1 fully saturated rings. The topological polar surface area (TPSA) is 60.9 Å². The normalized spacial score (nSPS) is 16.8. The average Bonchev–Trinajstić information content (AvgIpc) is 3.03. The van der Waals surface area contributed by atoms with Gasteiger partial charge in [-0.25, -0.2) is 0 Å². The van der Waals surface area contributed by atoms with E-state index in [1.165, 1.54) is 23.4 Å². The van der Waals surface area contributed by atoms with E-state index >= 15 is 0 Å². The maximum Gasteiger partial charge on any atom is 0.261 e. The zero-order valence-electron chi connectivity index (χ0n) is 17.4. The molecule has 156 valence electrons. The minimum Gasteiger partial charge on any atom is -0.336 e. The van der Waals surface area contributed by atoms with E-state index in [-0.39, 0.29) is 17.7 Å². The molecule has 3 aromatic rings. The predicted molar refractivity (Wildman–Crippen MR) is 118 cm³/mol. The Morgan fingerprint density at radius 3 is 2.35 bits per heavy atom. The second-order valence-electron chi connectivity index (χ2n) is 8.14. The molecule has 0 spiro atoms. The number of hydrogen-bond donors (Lipinski definition) is 0. The van der Waals surface area contributed by atoms with Crippen molar-refractivity contribution in [2.45, 2.75) is 6.54 Å². The van der Waals surface area contributed by atoms with E-state index in [0.717, 1.165) is 24.5 Å². The zero-order chi connectivity index (χ0) is 21.5. The smallest absolute Gasteiger partial charge is 0.261 e. The second kappa shape index (κ2) is 7.63. The number of nitrogens with zero attached hydrogens (tertiary/aromatic N) is 3. The highest BCUT2D eigenvalue weighted by atomic mass is 16.2. The number of rotatable bonds is 3. The number of amides is 3. The number of benzene rings is 3. The standard InChI is InChI=1S/C25H23N3O3/c1-26-24(30)21-10-9-18(15-22(21)25(26)31)23(29)28-13-11-27(12-14-28)16-19-7-4-6-17-5-2-3-8-20(17)19/h2-10,15H,11-14,16H2,1H3. The lowest BCUT2D eigenvalue weighted by molar-refractivity contribution is 0.0628. The Kier molecular flexibility index (Phi) is 4.79. The van der Waals surface area contributed by atoms with E-state index in [9.17, 15) is 14.4 Å². The number of imide groups is 1. The van der Waals surface area contributed by atoms with Crippen molar-refractivity contribution in [3.05, 3.63) is 82.9 Å². The van der Waals surface area contributed by atoms with Crippen molar-refractivity contribution in [1.82, 2.24) is 14.7 Å². The number of piperazine rings is 1. The molecule has 6 nitrogen and oxygen atoms in total. The molecule has 0 N–H and O–H groups in total. The first-order valence-corrected chi connectivity index (χ1v) is 10.5. The van der Waals surface area contributed by atoms with E-state index in [4.69, 9.17) is 0 Å². The third-order valence-corrected chi connectivity index (χ3v) is 6.27. The molecule has 0 atom stereocenters. The summed E-state index contributed by atoms with van der Waals surface area (Å²) >= 11 is 0. The summed E-state index contributed by atoms with van der Waals surface area (Å²) in [4.78, 5) is 42.6. The van der Waals surface area contributed by atoms with Gasteiger partial charge in [-0.1, -0.05) is 42.5 Å². The molecule has 5 rings (SSSR count). The number of hydrogen-bond acceptors (Lipinski definition) is 4. The van der Waals surface area contributed by atoms with Gasteiger partial charge in [0.25, 0.3) is 17.7 Å². The van der Waals surface area contributed by atoms with E-state index in [1.807, 2.05) is 4.90 Å². The number of fused-ring (bicyclic) bond motifs is 2. The SMILES string of the molecule is CN1C(=O)c2ccc(C(=O)N3CCN(Cc4cccc5ccccc45)CC3)cc2C1=O. The molecule has 2 aliphatic rings. The quantitative estimate of drug-likeness (QED) is 0.620. The van der Waals surface area contributed by atoms with Crippen molar-refractivity contribution in [3.63, 3.8) is 0 Å². The van der Waals surface area contributed by atoms with Crippen LogP contribution in [0.3, 0.4) is 0 Å². The maximum absolute atomic E-state index is 13.0. The van der Waals surface area contributed by atoms with Gasteiger partial charge in [0.1, 0.15) is 0 Å². The predicted octanol–water partition coefficient (Wildman–Crippen LogP) is 3.02. The first-order chi connectivity index (χ1) is 15.0. The molecule has 0 unspecified atom stereocenters. The Labute approximate surface area is 180 Å². The van der Waals surface area contributed by atoms with Crippen LogP contribution in [0.25, 0.3) is 10.8 Å². The molecule has 0 saturated carbocycles. The fourth-order valence-electron chi connectivity index (χ4n) is 4.46. The third-order valence-electron chi connectivity index (χ3n) is 6.27. The van der Waals surface area contributed by atoms with Crippen LogP contribution in [0, 0.1) is 0 Å². The summed E-state index contributed by atoms with van der Waals surface area (Å²) in [5.41, 5.74) is 2.43. The van der Waals surface area contributed by atoms with E-state index in [2.05, 4.69) is 47.4 Å². The van der Waals surface area contributed by atoms with Crippen LogP contribution < -0.4 is 0 Å². The molecule has 31 heavy (non-hydrogen) atoms. The molecule has 3 aromatic carbocycles. The van der Waals surface area contributed by atoms with Crippen molar-refractivity contribution >= 4 is 28.5 Å². The van der Waals surface area contributed by atoms with E-state index < -0.39 is 0 Å². The van der Waals surface area contributed by atoms with Gasteiger partial charge in [0.15, 0.2) is 0 Å². The van der Waals surface area contributed by atoms with Crippen molar-refractivity contribution in [1.29, 1.82) is 0 Å². The van der Waals surface area contributed by atoms with Crippen molar-refractivity contribution in [3.8, 4) is 0 Å². The van der Waals surface area contributed by atoms with Crippen LogP contribution >= 0.6 is 0 Å². The van der Waals surface area contributed by atoms with Crippen LogP contribution in [0.1, 0.15) is 36.6 Å². The summed E-state index contributed by atoms with van der Waals surface area (Å²) < 4.78 is 0. The van der Waals surface area contributed by atoms with Gasteiger partial charge in [0.2, 0.25) is 0 Å². The summed E-state index contributed by atoms with van der Waals surface area (Å²) in [6.45, 7) is 3.70. The van der Waals surface area contributed by atoms with Gasteiger partial charge >= 0.3 is 0 Å². The summed E-state index contributed by atoms with van der Waals surface area (Å²) in [6, 6.07) is 19.6. The Balaban J connectivity index is 1.26. The average molecular weight is 413 g/mol. The number of carbonyl (C=O) groups excluding carboxylic acids is 3. The Morgan fingerprint density at radius 1 is 0.839 bits per heavy atom. The van der Waals surface area contributed by atoms with Gasteiger partial charge in [-0.3, -0.25) is 24.2 Å². The summed E-state index contributed by atoms with van der Waals surface area (Å²) in [7, 11) is 1.46. The molecular weight excluding hydrogens is 390 g/mol. The molecule has 0 aliphatic carbocycles. The van der Waals surface area contributed by atoms with Gasteiger partial charge < -0.3 is 4.90 Å². The van der Waals surface area contributed by atoms with Gasteiger partial charge in [0.05, 0.1) is 11.1 Å². The Bertz CT molecular complexity index is 1210. The molecular formula is C25H23N3O3. The highest BCUT2D eigenvalue weighted by molar-refractivity contribution is 6.21. The Hall–Kier alpha value is -3.51. The summed E-state index contributed by atoms with van der Waals surface area (Å²) in [5.74, 6) is -0.766. The monoisotopic (exact) mass is 413 g/mol. The van der Waals surface area contributed by atoms with Crippen LogP contribution in [0.5, 0.6) is 0 Å². The largest absolute Gasteiger partial charge is 0.336 e. The summed E-state index contributed by atoms with van der Waals surface area (Å²) in [5, 5.41) is 2.51.